The maximum absolute atomic E-state index is 11.7. The Kier molecular flexibility index (Phi) is 5.98. The van der Waals surface area contributed by atoms with Crippen molar-refractivity contribution in [2.75, 3.05) is 29.2 Å². The molecule has 1 aromatic rings. The van der Waals surface area contributed by atoms with Crippen LogP contribution in [0.1, 0.15) is 6.92 Å². The van der Waals surface area contributed by atoms with Crippen molar-refractivity contribution in [3.05, 3.63) is 23.2 Å². The zero-order valence-corrected chi connectivity index (χ0v) is 12.8. The van der Waals surface area contributed by atoms with Crippen LogP contribution < -0.4 is 11.1 Å². The average Bonchev–Trinajstić information content (AvgIpc) is 2.31. The molecule has 0 unspecified atom stereocenters. The van der Waals surface area contributed by atoms with Crippen LogP contribution in [-0.2, 0) is 24.2 Å². The SMILES string of the molecule is CCOC(=O)CS(=O)(=O)CC(=O)Nc1ccc(N)cc1Cl. The number of nitrogen functional groups attached to an aromatic ring is 1. The largest absolute Gasteiger partial charge is 0.465 e. The van der Waals surface area contributed by atoms with E-state index in [-0.39, 0.29) is 17.3 Å². The first-order valence-corrected chi connectivity index (χ1v) is 8.14. The van der Waals surface area contributed by atoms with E-state index in [1.165, 1.54) is 18.2 Å². The van der Waals surface area contributed by atoms with Crippen molar-refractivity contribution < 1.29 is 22.7 Å². The van der Waals surface area contributed by atoms with Gasteiger partial charge >= 0.3 is 5.97 Å². The standard InChI is InChI=1S/C12H15ClN2O5S/c1-2-20-12(17)7-21(18,19)6-11(16)15-10-4-3-8(14)5-9(10)13/h3-5H,2,6-7,14H2,1H3,(H,15,16). The summed E-state index contributed by atoms with van der Waals surface area (Å²) in [6.07, 6.45) is 0. The topological polar surface area (TPSA) is 116 Å². The summed E-state index contributed by atoms with van der Waals surface area (Å²) in [4.78, 5) is 22.8. The van der Waals surface area contributed by atoms with Crippen molar-refractivity contribution >= 4 is 44.7 Å². The number of hydrogen-bond acceptors (Lipinski definition) is 6. The predicted octanol–water partition coefficient (Wildman–Crippen LogP) is 0.839. The number of carbonyl (C=O) groups excluding carboxylic acids is 2. The molecule has 0 fully saturated rings. The Morgan fingerprint density at radius 3 is 2.57 bits per heavy atom. The van der Waals surface area contributed by atoms with E-state index < -0.39 is 33.2 Å². The van der Waals surface area contributed by atoms with Crippen molar-refractivity contribution in [2.45, 2.75) is 6.92 Å². The van der Waals surface area contributed by atoms with E-state index in [2.05, 4.69) is 10.1 Å². The van der Waals surface area contributed by atoms with Gasteiger partial charge in [-0.25, -0.2) is 8.42 Å². The molecule has 0 spiro atoms. The zero-order valence-electron chi connectivity index (χ0n) is 11.3. The van der Waals surface area contributed by atoms with E-state index in [1.807, 2.05) is 0 Å². The minimum absolute atomic E-state index is 0.0710. The molecule has 0 aliphatic heterocycles. The Labute approximate surface area is 127 Å². The van der Waals surface area contributed by atoms with Crippen LogP contribution >= 0.6 is 11.6 Å². The predicted molar refractivity (Wildman–Crippen MR) is 79.8 cm³/mol. The number of rotatable bonds is 6. The molecule has 0 aliphatic carbocycles. The van der Waals surface area contributed by atoms with Gasteiger partial charge in [0.05, 0.1) is 17.3 Å². The Morgan fingerprint density at radius 1 is 1.33 bits per heavy atom. The lowest BCUT2D eigenvalue weighted by Gasteiger charge is -2.08. The van der Waals surface area contributed by atoms with Gasteiger partial charge in [0.25, 0.3) is 0 Å². The molecule has 0 atom stereocenters. The maximum Gasteiger partial charge on any atom is 0.321 e. The normalized spacial score (nSPS) is 11.0. The third-order valence-electron chi connectivity index (χ3n) is 2.26. The van der Waals surface area contributed by atoms with E-state index in [0.717, 1.165) is 0 Å². The number of benzene rings is 1. The molecule has 0 radical (unpaired) electrons. The third-order valence-corrected chi connectivity index (χ3v) is 3.95. The van der Waals surface area contributed by atoms with E-state index in [4.69, 9.17) is 17.3 Å². The molecule has 7 nitrogen and oxygen atoms in total. The second-order valence-electron chi connectivity index (χ2n) is 4.12. The first-order valence-electron chi connectivity index (χ1n) is 5.94. The van der Waals surface area contributed by atoms with Gasteiger partial charge in [0.15, 0.2) is 9.84 Å². The number of halogens is 1. The van der Waals surface area contributed by atoms with Gasteiger partial charge in [-0.15, -0.1) is 0 Å². The monoisotopic (exact) mass is 334 g/mol. The fraction of sp³-hybridized carbons (Fsp3) is 0.333. The number of sulfone groups is 1. The van der Waals surface area contributed by atoms with E-state index in [9.17, 15) is 18.0 Å². The molecule has 0 bridgehead atoms. The Balaban J connectivity index is 2.66. The number of carbonyl (C=O) groups is 2. The molecule has 0 heterocycles. The highest BCUT2D eigenvalue weighted by Gasteiger charge is 2.22. The molecule has 0 saturated carbocycles. The number of ether oxygens (including phenoxy) is 1. The second kappa shape index (κ2) is 7.28. The van der Waals surface area contributed by atoms with Crippen molar-refractivity contribution in [3.63, 3.8) is 0 Å². The van der Waals surface area contributed by atoms with Crippen molar-refractivity contribution in [3.8, 4) is 0 Å². The van der Waals surface area contributed by atoms with Gasteiger partial charge < -0.3 is 15.8 Å². The zero-order chi connectivity index (χ0) is 16.0. The molecule has 21 heavy (non-hydrogen) atoms. The first-order chi connectivity index (χ1) is 9.73. The molecular weight excluding hydrogens is 320 g/mol. The Morgan fingerprint density at radius 2 is 2.00 bits per heavy atom. The van der Waals surface area contributed by atoms with Gasteiger partial charge in [-0.05, 0) is 25.1 Å². The number of hydrogen-bond donors (Lipinski definition) is 2. The van der Waals surface area contributed by atoms with Crippen LogP contribution in [0, 0.1) is 0 Å². The van der Waals surface area contributed by atoms with Gasteiger partial charge in [0.1, 0.15) is 11.5 Å². The summed E-state index contributed by atoms with van der Waals surface area (Å²) in [5.41, 5.74) is 6.15. The summed E-state index contributed by atoms with van der Waals surface area (Å²) < 4.78 is 27.8. The fourth-order valence-corrected chi connectivity index (χ4v) is 2.70. The Hall–Kier alpha value is -1.80. The molecule has 3 N–H and O–H groups in total. The van der Waals surface area contributed by atoms with Gasteiger partial charge in [-0.3, -0.25) is 9.59 Å². The summed E-state index contributed by atoms with van der Waals surface area (Å²) in [6, 6.07) is 4.38. The summed E-state index contributed by atoms with van der Waals surface area (Å²) in [5.74, 6) is -3.38. The van der Waals surface area contributed by atoms with Crippen LogP contribution in [0.3, 0.4) is 0 Å². The van der Waals surface area contributed by atoms with Gasteiger partial charge in [-0.2, -0.15) is 0 Å². The summed E-state index contributed by atoms with van der Waals surface area (Å²) in [7, 11) is -3.90. The maximum atomic E-state index is 11.7. The van der Waals surface area contributed by atoms with Crippen molar-refractivity contribution in [2.24, 2.45) is 0 Å². The lowest BCUT2D eigenvalue weighted by molar-refractivity contribution is -0.139. The molecule has 1 aromatic carbocycles. The number of esters is 1. The molecule has 9 heteroatoms. The summed E-state index contributed by atoms with van der Waals surface area (Å²) in [6.45, 7) is 1.63. The number of nitrogens with one attached hydrogen (secondary N) is 1. The minimum atomic E-state index is -3.90. The molecule has 0 saturated heterocycles. The number of anilines is 2. The lowest BCUT2D eigenvalue weighted by atomic mass is 10.3. The van der Waals surface area contributed by atoms with Crippen LogP contribution in [0.25, 0.3) is 0 Å². The number of amides is 1. The van der Waals surface area contributed by atoms with E-state index in [1.54, 1.807) is 6.92 Å². The molecule has 0 aliphatic rings. The van der Waals surface area contributed by atoms with Crippen LogP contribution in [0.15, 0.2) is 18.2 Å². The number of nitrogens with two attached hydrogens (primary N) is 1. The average molecular weight is 335 g/mol. The van der Waals surface area contributed by atoms with Crippen LogP contribution in [-0.4, -0.2) is 38.4 Å². The van der Waals surface area contributed by atoms with Crippen molar-refractivity contribution in [1.82, 2.24) is 0 Å². The molecule has 116 valence electrons. The quantitative estimate of drug-likeness (QED) is 0.588. The summed E-state index contributed by atoms with van der Waals surface area (Å²) >= 11 is 5.85. The third kappa shape index (κ3) is 6.01. The highest BCUT2D eigenvalue weighted by Crippen LogP contribution is 2.23. The van der Waals surface area contributed by atoms with Gasteiger partial charge in [0.2, 0.25) is 5.91 Å². The minimum Gasteiger partial charge on any atom is -0.465 e. The van der Waals surface area contributed by atoms with Gasteiger partial charge in [0, 0.05) is 5.69 Å². The highest BCUT2D eigenvalue weighted by atomic mass is 35.5. The smallest absolute Gasteiger partial charge is 0.321 e. The molecule has 1 rings (SSSR count). The van der Waals surface area contributed by atoms with Crippen molar-refractivity contribution in [1.29, 1.82) is 0 Å². The lowest BCUT2D eigenvalue weighted by Crippen LogP contribution is -2.28. The molecule has 0 aromatic heterocycles. The first kappa shape index (κ1) is 17.3. The van der Waals surface area contributed by atoms with Crippen LogP contribution in [0.2, 0.25) is 5.02 Å². The molecule has 1 amide bonds. The summed E-state index contributed by atoms with van der Waals surface area (Å²) in [5, 5.41) is 2.53. The fourth-order valence-electron chi connectivity index (χ4n) is 1.45. The highest BCUT2D eigenvalue weighted by molar-refractivity contribution is 7.92. The van der Waals surface area contributed by atoms with Crippen LogP contribution in [0.5, 0.6) is 0 Å². The second-order valence-corrected chi connectivity index (χ2v) is 6.60. The van der Waals surface area contributed by atoms with Crippen LogP contribution in [0.4, 0.5) is 11.4 Å². The van der Waals surface area contributed by atoms with Gasteiger partial charge in [-0.1, -0.05) is 11.6 Å². The Bertz CT molecular complexity index is 645. The molecular formula is C12H15ClN2O5S. The van der Waals surface area contributed by atoms with E-state index in [0.29, 0.717) is 5.69 Å². The van der Waals surface area contributed by atoms with E-state index >= 15 is 0 Å².